The van der Waals surface area contributed by atoms with E-state index in [1.54, 1.807) is 7.11 Å². The summed E-state index contributed by atoms with van der Waals surface area (Å²) in [4.78, 5) is 26.1. The number of methoxy groups -OCH3 is 1. The lowest BCUT2D eigenvalue weighted by Gasteiger charge is -2.26. The summed E-state index contributed by atoms with van der Waals surface area (Å²) in [7, 11) is 1.55. The van der Waals surface area contributed by atoms with Crippen LogP contribution in [0.1, 0.15) is 46.8 Å². The molecular formula is C21H27NO6. The van der Waals surface area contributed by atoms with Crippen molar-refractivity contribution in [1.82, 2.24) is 4.90 Å². The van der Waals surface area contributed by atoms with Crippen molar-refractivity contribution in [3.8, 4) is 11.5 Å². The molecule has 1 aromatic rings. The third kappa shape index (κ3) is 3.99. The van der Waals surface area contributed by atoms with Gasteiger partial charge in [0.15, 0.2) is 0 Å². The quantitative estimate of drug-likeness (QED) is 0.594. The van der Waals surface area contributed by atoms with Crippen LogP contribution in [-0.2, 0) is 27.3 Å². The van der Waals surface area contributed by atoms with Gasteiger partial charge in [-0.1, -0.05) is 11.6 Å². The maximum Gasteiger partial charge on any atom is 0.342 e. The fourth-order valence-electron chi connectivity index (χ4n) is 3.68. The number of fused-ring (bicyclic) bond motifs is 1. The predicted octanol–water partition coefficient (Wildman–Crippen LogP) is 2.51. The number of phenolic OH excluding ortho intramolecular Hbond substituents is 1. The van der Waals surface area contributed by atoms with Crippen LogP contribution in [0.5, 0.6) is 11.5 Å². The number of rotatable bonds is 6. The maximum absolute atomic E-state index is 12.3. The number of morpholine rings is 1. The summed E-state index contributed by atoms with van der Waals surface area (Å²) >= 11 is 0. The Labute approximate surface area is 164 Å². The lowest BCUT2D eigenvalue weighted by Crippen LogP contribution is -2.40. The lowest BCUT2D eigenvalue weighted by atomic mass is 9.94. The van der Waals surface area contributed by atoms with Crippen molar-refractivity contribution < 1.29 is 28.9 Å². The molecule has 0 bridgehead atoms. The molecule has 7 nitrogen and oxygen atoms in total. The number of carbonyl (C=O) groups is 2. The third-order valence-corrected chi connectivity index (χ3v) is 5.40. The first-order valence-electron chi connectivity index (χ1n) is 9.53. The third-order valence-electron chi connectivity index (χ3n) is 5.40. The highest BCUT2D eigenvalue weighted by molar-refractivity contribution is 5.98. The molecule has 0 atom stereocenters. The van der Waals surface area contributed by atoms with Gasteiger partial charge in [0.2, 0.25) is 5.91 Å². The van der Waals surface area contributed by atoms with E-state index in [4.69, 9.17) is 14.2 Å². The summed E-state index contributed by atoms with van der Waals surface area (Å²) in [5, 5.41) is 10.6. The number of phenols is 1. The Hall–Kier alpha value is -2.54. The summed E-state index contributed by atoms with van der Waals surface area (Å²) < 4.78 is 15.8. The molecule has 0 aliphatic carbocycles. The molecule has 3 rings (SSSR count). The van der Waals surface area contributed by atoms with Crippen molar-refractivity contribution in [3.05, 3.63) is 33.9 Å². The maximum atomic E-state index is 12.3. The number of esters is 1. The van der Waals surface area contributed by atoms with Crippen LogP contribution >= 0.6 is 0 Å². The number of hydrogen-bond acceptors (Lipinski definition) is 6. The Morgan fingerprint density at radius 2 is 2.00 bits per heavy atom. The number of aromatic hydroxyl groups is 1. The van der Waals surface area contributed by atoms with E-state index in [9.17, 15) is 14.7 Å². The van der Waals surface area contributed by atoms with Crippen molar-refractivity contribution >= 4 is 11.9 Å². The van der Waals surface area contributed by atoms with Gasteiger partial charge >= 0.3 is 5.97 Å². The molecule has 1 fully saturated rings. The summed E-state index contributed by atoms with van der Waals surface area (Å²) in [6.07, 6.45) is 3.47. The fraction of sp³-hybridized carbons (Fsp3) is 0.524. The minimum Gasteiger partial charge on any atom is -0.507 e. The van der Waals surface area contributed by atoms with Gasteiger partial charge in [-0.2, -0.15) is 0 Å². The Balaban J connectivity index is 1.71. The number of hydrogen-bond donors (Lipinski definition) is 1. The summed E-state index contributed by atoms with van der Waals surface area (Å²) in [5.74, 6) is 0.125. The van der Waals surface area contributed by atoms with Gasteiger partial charge in [-0.25, -0.2) is 4.79 Å². The van der Waals surface area contributed by atoms with E-state index in [1.807, 2.05) is 24.8 Å². The Kier molecular flexibility index (Phi) is 6.24. The van der Waals surface area contributed by atoms with Crippen LogP contribution in [0.4, 0.5) is 0 Å². The highest BCUT2D eigenvalue weighted by Gasteiger charge is 2.31. The highest BCUT2D eigenvalue weighted by Crippen LogP contribution is 2.42. The fourth-order valence-corrected chi connectivity index (χ4v) is 3.68. The van der Waals surface area contributed by atoms with Gasteiger partial charge in [-0.15, -0.1) is 0 Å². The normalized spacial score (nSPS) is 16.8. The number of ether oxygens (including phenoxy) is 3. The van der Waals surface area contributed by atoms with Crippen LogP contribution in [0.2, 0.25) is 0 Å². The molecule has 2 aliphatic rings. The Bertz CT molecular complexity index is 808. The number of nitrogens with zero attached hydrogens (tertiary/aromatic N) is 1. The van der Waals surface area contributed by atoms with Crippen LogP contribution in [-0.4, -0.2) is 55.3 Å². The van der Waals surface area contributed by atoms with E-state index in [1.165, 1.54) is 0 Å². The molecule has 2 aliphatic heterocycles. The van der Waals surface area contributed by atoms with Crippen molar-refractivity contribution in [2.45, 2.75) is 39.7 Å². The zero-order valence-corrected chi connectivity index (χ0v) is 16.7. The Morgan fingerprint density at radius 3 is 2.68 bits per heavy atom. The van der Waals surface area contributed by atoms with Crippen LogP contribution < -0.4 is 4.74 Å². The number of amides is 1. The van der Waals surface area contributed by atoms with Gasteiger partial charge in [-0.3, -0.25) is 4.79 Å². The topological polar surface area (TPSA) is 85.3 Å². The number of carbonyl (C=O) groups excluding carboxylic acids is 2. The average molecular weight is 389 g/mol. The van der Waals surface area contributed by atoms with Gasteiger partial charge in [0.1, 0.15) is 23.7 Å². The average Bonchev–Trinajstić information content (AvgIpc) is 3.10. The number of allylic oxidation sites excluding steroid dienone is 2. The lowest BCUT2D eigenvalue weighted by molar-refractivity contribution is -0.135. The first-order chi connectivity index (χ1) is 13.4. The van der Waals surface area contributed by atoms with E-state index in [-0.39, 0.29) is 23.8 Å². The second kappa shape index (κ2) is 8.65. The SMILES string of the molecule is COc1c(C)c2c(c(O)c1C/C=C(\C)CCC(=O)N1CCOCC1)C(=O)OC2. The Morgan fingerprint density at radius 1 is 1.29 bits per heavy atom. The molecule has 1 aromatic carbocycles. The molecule has 1 amide bonds. The molecule has 0 spiro atoms. The molecule has 152 valence electrons. The van der Waals surface area contributed by atoms with E-state index < -0.39 is 5.97 Å². The first kappa shape index (κ1) is 20.2. The van der Waals surface area contributed by atoms with Gasteiger partial charge in [-0.05, 0) is 32.3 Å². The summed E-state index contributed by atoms with van der Waals surface area (Å²) in [6.45, 7) is 6.47. The van der Waals surface area contributed by atoms with Gasteiger partial charge < -0.3 is 24.2 Å². The molecule has 0 radical (unpaired) electrons. The zero-order chi connectivity index (χ0) is 20.3. The molecule has 28 heavy (non-hydrogen) atoms. The largest absolute Gasteiger partial charge is 0.507 e. The van der Waals surface area contributed by atoms with E-state index in [2.05, 4.69) is 0 Å². The number of benzene rings is 1. The predicted molar refractivity (Wildman–Crippen MR) is 103 cm³/mol. The molecule has 7 heteroatoms. The summed E-state index contributed by atoms with van der Waals surface area (Å²) in [5.41, 5.74) is 3.34. The first-order valence-corrected chi connectivity index (χ1v) is 9.53. The molecule has 0 saturated carbocycles. The van der Waals surface area contributed by atoms with Crippen molar-refractivity contribution in [3.63, 3.8) is 0 Å². The van der Waals surface area contributed by atoms with Gasteiger partial charge in [0.25, 0.3) is 0 Å². The number of cyclic esters (lactones) is 1. The van der Waals surface area contributed by atoms with Crippen molar-refractivity contribution in [2.24, 2.45) is 0 Å². The van der Waals surface area contributed by atoms with Crippen LogP contribution in [0, 0.1) is 6.92 Å². The summed E-state index contributed by atoms with van der Waals surface area (Å²) in [6, 6.07) is 0. The monoisotopic (exact) mass is 389 g/mol. The minimum atomic E-state index is -0.503. The van der Waals surface area contributed by atoms with Crippen LogP contribution in [0.3, 0.4) is 0 Å². The van der Waals surface area contributed by atoms with Crippen molar-refractivity contribution in [2.75, 3.05) is 33.4 Å². The minimum absolute atomic E-state index is 0.0756. The standard InChI is InChI=1S/C21H27NO6/c1-13(5-7-17(23)22-8-10-27-11-9-22)4-6-15-19(24)18-16(12-28-21(18)25)14(2)20(15)26-3/h4,24H,5-12H2,1-3H3/b13-4+. The zero-order valence-electron chi connectivity index (χ0n) is 16.7. The molecular weight excluding hydrogens is 362 g/mol. The smallest absolute Gasteiger partial charge is 0.342 e. The van der Waals surface area contributed by atoms with Gasteiger partial charge in [0.05, 0.1) is 20.3 Å². The molecule has 1 N–H and O–H groups in total. The highest BCUT2D eigenvalue weighted by atomic mass is 16.5. The van der Waals surface area contributed by atoms with E-state index in [0.29, 0.717) is 62.4 Å². The van der Waals surface area contributed by atoms with Crippen LogP contribution in [0.25, 0.3) is 0 Å². The molecule has 0 unspecified atom stereocenters. The van der Waals surface area contributed by atoms with Crippen molar-refractivity contribution in [1.29, 1.82) is 0 Å². The second-order valence-electron chi connectivity index (χ2n) is 7.16. The van der Waals surface area contributed by atoms with E-state index >= 15 is 0 Å². The molecule has 1 saturated heterocycles. The molecule has 0 aromatic heterocycles. The molecule has 2 heterocycles. The van der Waals surface area contributed by atoms with Gasteiger partial charge in [0, 0.05) is 30.6 Å². The van der Waals surface area contributed by atoms with E-state index in [0.717, 1.165) is 11.1 Å². The second-order valence-corrected chi connectivity index (χ2v) is 7.16. The van der Waals surface area contributed by atoms with Crippen LogP contribution in [0.15, 0.2) is 11.6 Å².